The lowest BCUT2D eigenvalue weighted by Crippen LogP contribution is -2.44. The van der Waals surface area contributed by atoms with Gasteiger partial charge in [0.25, 0.3) is 10.0 Å². The van der Waals surface area contributed by atoms with Crippen molar-refractivity contribution in [2.24, 2.45) is 4.99 Å². The van der Waals surface area contributed by atoms with Crippen LogP contribution >= 0.6 is 0 Å². The molecule has 0 radical (unpaired) electrons. The van der Waals surface area contributed by atoms with E-state index in [4.69, 9.17) is 0 Å². The summed E-state index contributed by atoms with van der Waals surface area (Å²) in [6, 6.07) is 0. The first-order chi connectivity index (χ1) is 6.68. The number of hydrogen-bond donors (Lipinski definition) is 4. The zero-order chi connectivity index (χ0) is 10.0. The van der Waals surface area contributed by atoms with Crippen LogP contribution in [0.3, 0.4) is 0 Å². The normalized spacial score (nSPS) is 21.0. The van der Waals surface area contributed by atoms with E-state index >= 15 is 0 Å². The molecule has 0 bridgehead atoms. The molecule has 1 aliphatic heterocycles. The standard InChI is InChI=1S/C5H8N6O2S/c12-14(13,4-1-6-2-7-4)11-5-8-3-9-10-5/h1-3,5,10-11H,(H,6,7)(H,8,9). The number of aromatic amines is 1. The van der Waals surface area contributed by atoms with Crippen molar-refractivity contribution in [2.75, 3.05) is 0 Å². The van der Waals surface area contributed by atoms with Crippen LogP contribution in [0.15, 0.2) is 22.5 Å². The number of rotatable bonds is 3. The Morgan fingerprint density at radius 1 is 1.50 bits per heavy atom. The van der Waals surface area contributed by atoms with Crippen LogP contribution in [0.5, 0.6) is 0 Å². The molecule has 0 saturated heterocycles. The molecule has 2 rings (SSSR count). The summed E-state index contributed by atoms with van der Waals surface area (Å²) in [6.45, 7) is 0. The number of hydrogen-bond acceptors (Lipinski definition) is 6. The minimum absolute atomic E-state index is 0.00130. The van der Waals surface area contributed by atoms with Crippen molar-refractivity contribution in [3.63, 3.8) is 0 Å². The number of H-pyrrole nitrogens is 1. The number of aliphatic imine (C=N–C) groups is 1. The fourth-order valence-corrected chi connectivity index (χ4v) is 1.87. The molecule has 8 nitrogen and oxygen atoms in total. The van der Waals surface area contributed by atoms with Crippen LogP contribution in [0.4, 0.5) is 0 Å². The van der Waals surface area contributed by atoms with Gasteiger partial charge in [-0.1, -0.05) is 0 Å². The zero-order valence-corrected chi connectivity index (χ0v) is 7.75. The van der Waals surface area contributed by atoms with Gasteiger partial charge in [-0.25, -0.2) is 18.4 Å². The van der Waals surface area contributed by atoms with Gasteiger partial charge in [0.2, 0.25) is 0 Å². The number of aromatic nitrogens is 2. The average Bonchev–Trinajstić information content (AvgIpc) is 2.71. The fraction of sp³-hybridized carbons (Fsp3) is 0.200. The molecule has 0 aliphatic carbocycles. The molecule has 76 valence electrons. The lowest BCUT2D eigenvalue weighted by molar-refractivity contribution is 0.500. The summed E-state index contributed by atoms with van der Waals surface area (Å²) in [5.74, 6) is 0. The highest BCUT2D eigenvalue weighted by atomic mass is 32.2. The monoisotopic (exact) mass is 216 g/mol. The third-order valence-corrected chi connectivity index (χ3v) is 2.87. The first-order valence-electron chi connectivity index (χ1n) is 3.72. The number of sulfonamides is 1. The predicted molar refractivity (Wildman–Crippen MR) is 47.5 cm³/mol. The third-order valence-electron chi connectivity index (χ3n) is 1.54. The van der Waals surface area contributed by atoms with Gasteiger partial charge in [0.15, 0.2) is 11.3 Å². The fourth-order valence-electron chi connectivity index (χ4n) is 0.926. The molecule has 1 unspecified atom stereocenters. The minimum Gasteiger partial charge on any atom is -0.335 e. The molecule has 0 fully saturated rings. The summed E-state index contributed by atoms with van der Waals surface area (Å²) in [7, 11) is -3.58. The second-order valence-electron chi connectivity index (χ2n) is 2.51. The van der Waals surface area contributed by atoms with Crippen LogP contribution in [0, 0.1) is 0 Å². The van der Waals surface area contributed by atoms with Crippen molar-refractivity contribution in [1.29, 1.82) is 0 Å². The number of nitrogens with one attached hydrogen (secondary N) is 4. The highest BCUT2D eigenvalue weighted by molar-refractivity contribution is 7.89. The summed E-state index contributed by atoms with van der Waals surface area (Å²) in [5.41, 5.74) is 5.12. The molecule has 4 N–H and O–H groups in total. The number of nitrogens with zero attached hydrogens (tertiary/aromatic N) is 2. The van der Waals surface area contributed by atoms with Crippen LogP contribution in [0.1, 0.15) is 0 Å². The summed E-state index contributed by atoms with van der Waals surface area (Å²) in [5, 5.41) is 0.00130. The summed E-state index contributed by atoms with van der Waals surface area (Å²) >= 11 is 0. The smallest absolute Gasteiger partial charge is 0.260 e. The largest absolute Gasteiger partial charge is 0.335 e. The van der Waals surface area contributed by atoms with Crippen LogP contribution in [-0.2, 0) is 10.0 Å². The quantitative estimate of drug-likeness (QED) is 0.472. The Morgan fingerprint density at radius 3 is 2.93 bits per heavy atom. The van der Waals surface area contributed by atoms with Gasteiger partial charge in [0.1, 0.15) is 6.34 Å². The van der Waals surface area contributed by atoms with Gasteiger partial charge in [-0.3, -0.25) is 0 Å². The molecule has 1 aromatic rings. The Kier molecular flexibility index (Phi) is 2.19. The van der Waals surface area contributed by atoms with Gasteiger partial charge in [-0.15, -0.1) is 0 Å². The number of imidazole rings is 1. The molecule has 1 aromatic heterocycles. The Labute approximate surface area is 79.9 Å². The topological polar surface area (TPSA) is 111 Å². The molecule has 14 heavy (non-hydrogen) atoms. The van der Waals surface area contributed by atoms with E-state index in [1.807, 2.05) is 0 Å². The van der Waals surface area contributed by atoms with Gasteiger partial charge < -0.3 is 10.4 Å². The van der Waals surface area contributed by atoms with E-state index in [2.05, 4.69) is 30.5 Å². The van der Waals surface area contributed by atoms with E-state index in [1.165, 1.54) is 18.9 Å². The van der Waals surface area contributed by atoms with E-state index in [0.717, 1.165) is 0 Å². The molecule has 0 saturated carbocycles. The van der Waals surface area contributed by atoms with E-state index < -0.39 is 16.3 Å². The molecular weight excluding hydrogens is 208 g/mol. The molecule has 1 atom stereocenters. The SMILES string of the molecule is O=S(=O)(NC1N=CNN1)c1cnc[nH]1. The molecule has 0 amide bonds. The van der Waals surface area contributed by atoms with Crippen LogP contribution in [-0.4, -0.2) is 31.0 Å². The van der Waals surface area contributed by atoms with Crippen LogP contribution < -0.4 is 15.6 Å². The van der Waals surface area contributed by atoms with Gasteiger partial charge in [-0.05, 0) is 0 Å². The Bertz CT molecular complexity index is 423. The maximum Gasteiger partial charge on any atom is 0.260 e. The van der Waals surface area contributed by atoms with Crippen molar-refractivity contribution in [3.05, 3.63) is 12.5 Å². The summed E-state index contributed by atoms with van der Waals surface area (Å²) in [6.07, 6.45) is 3.18. The van der Waals surface area contributed by atoms with Gasteiger partial charge >= 0.3 is 0 Å². The molecule has 0 aromatic carbocycles. The van der Waals surface area contributed by atoms with Crippen molar-refractivity contribution in [2.45, 2.75) is 11.3 Å². The maximum atomic E-state index is 11.5. The Morgan fingerprint density at radius 2 is 2.36 bits per heavy atom. The molecule has 1 aliphatic rings. The highest BCUT2D eigenvalue weighted by Gasteiger charge is 2.21. The van der Waals surface area contributed by atoms with Gasteiger partial charge in [0.05, 0.1) is 12.5 Å². The lowest BCUT2D eigenvalue weighted by atomic mass is 10.9. The van der Waals surface area contributed by atoms with E-state index in [0.29, 0.717) is 0 Å². The summed E-state index contributed by atoms with van der Waals surface area (Å²) in [4.78, 5) is 9.86. The number of hydrazine groups is 1. The van der Waals surface area contributed by atoms with E-state index in [-0.39, 0.29) is 5.03 Å². The van der Waals surface area contributed by atoms with E-state index in [1.54, 1.807) is 0 Å². The molecular formula is C5H8N6O2S. The first kappa shape index (κ1) is 9.12. The average molecular weight is 216 g/mol. The third kappa shape index (κ3) is 1.73. The van der Waals surface area contributed by atoms with Gasteiger partial charge in [0, 0.05) is 0 Å². The minimum atomic E-state index is -3.58. The Hall–Kier alpha value is -1.45. The Balaban J connectivity index is 2.14. The van der Waals surface area contributed by atoms with Crippen molar-refractivity contribution < 1.29 is 8.42 Å². The van der Waals surface area contributed by atoms with E-state index in [9.17, 15) is 8.42 Å². The predicted octanol–water partition coefficient (Wildman–Crippen LogP) is -1.89. The van der Waals surface area contributed by atoms with Gasteiger partial charge in [-0.2, -0.15) is 10.1 Å². The molecule has 2 heterocycles. The molecule has 9 heteroatoms. The van der Waals surface area contributed by atoms with Crippen molar-refractivity contribution >= 4 is 16.4 Å². The second kappa shape index (κ2) is 3.36. The highest BCUT2D eigenvalue weighted by Crippen LogP contribution is 2.02. The zero-order valence-electron chi connectivity index (χ0n) is 6.93. The van der Waals surface area contributed by atoms with Crippen molar-refractivity contribution in [3.8, 4) is 0 Å². The maximum absolute atomic E-state index is 11.5. The van der Waals surface area contributed by atoms with Crippen LogP contribution in [0.2, 0.25) is 0 Å². The lowest BCUT2D eigenvalue weighted by Gasteiger charge is -2.08. The van der Waals surface area contributed by atoms with Crippen LogP contribution in [0.25, 0.3) is 0 Å². The second-order valence-corrected chi connectivity index (χ2v) is 4.19. The first-order valence-corrected chi connectivity index (χ1v) is 5.20. The summed E-state index contributed by atoms with van der Waals surface area (Å²) < 4.78 is 25.3. The van der Waals surface area contributed by atoms with Crippen molar-refractivity contribution in [1.82, 2.24) is 25.5 Å². The molecule has 0 spiro atoms.